The van der Waals surface area contributed by atoms with E-state index in [1.54, 1.807) is 10.7 Å². The highest BCUT2D eigenvalue weighted by Gasteiger charge is 2.05. The van der Waals surface area contributed by atoms with Gasteiger partial charge in [0.05, 0.1) is 12.2 Å². The number of fused-ring (bicyclic) bond motifs is 1. The second-order valence-electron chi connectivity index (χ2n) is 5.12. The van der Waals surface area contributed by atoms with Crippen LogP contribution in [0.15, 0.2) is 48.8 Å². The molecule has 0 saturated carbocycles. The van der Waals surface area contributed by atoms with E-state index in [1.807, 2.05) is 42.6 Å². The molecule has 108 valence electrons. The van der Waals surface area contributed by atoms with Gasteiger partial charge >= 0.3 is 0 Å². The van der Waals surface area contributed by atoms with E-state index < -0.39 is 0 Å². The van der Waals surface area contributed by atoms with Crippen molar-refractivity contribution in [2.75, 3.05) is 11.9 Å². The van der Waals surface area contributed by atoms with Crippen LogP contribution in [0, 0.1) is 6.92 Å². The number of hydrogen-bond donors (Lipinski definition) is 1. The summed E-state index contributed by atoms with van der Waals surface area (Å²) in [4.78, 5) is 4.48. The smallest absolute Gasteiger partial charge is 0.157 e. The Balaban J connectivity index is 1.58. The Morgan fingerprint density at radius 3 is 2.81 bits per heavy atom. The van der Waals surface area contributed by atoms with Crippen LogP contribution < -0.4 is 10.1 Å². The van der Waals surface area contributed by atoms with Crippen molar-refractivity contribution in [1.29, 1.82) is 0 Å². The summed E-state index contributed by atoms with van der Waals surface area (Å²) in [6.07, 6.45) is 3.62. The monoisotopic (exact) mass is 282 g/mol. The van der Waals surface area contributed by atoms with E-state index in [2.05, 4.69) is 29.2 Å². The van der Waals surface area contributed by atoms with Crippen molar-refractivity contribution in [2.45, 2.75) is 19.9 Å². The van der Waals surface area contributed by atoms with Gasteiger partial charge < -0.3 is 10.1 Å². The molecule has 1 atom stereocenters. The Morgan fingerprint density at radius 1 is 1.19 bits per heavy atom. The SMILES string of the molecule is Cc1ccc(OCC(C)Nc2ccn3nccc3n2)cc1. The van der Waals surface area contributed by atoms with Crippen molar-refractivity contribution in [3.8, 4) is 5.75 Å². The molecule has 21 heavy (non-hydrogen) atoms. The Bertz CT molecular complexity index is 720. The Labute approximate surface area is 123 Å². The van der Waals surface area contributed by atoms with Crippen molar-refractivity contribution in [2.24, 2.45) is 0 Å². The Kier molecular flexibility index (Phi) is 3.73. The zero-order chi connectivity index (χ0) is 14.7. The first kappa shape index (κ1) is 13.4. The minimum absolute atomic E-state index is 0.157. The third-order valence-electron chi connectivity index (χ3n) is 3.17. The molecule has 0 amide bonds. The summed E-state index contributed by atoms with van der Waals surface area (Å²) in [5.41, 5.74) is 2.05. The number of hydrogen-bond acceptors (Lipinski definition) is 4. The first-order valence-electron chi connectivity index (χ1n) is 6.97. The van der Waals surface area contributed by atoms with Crippen LogP contribution in [0.1, 0.15) is 12.5 Å². The van der Waals surface area contributed by atoms with Crippen molar-refractivity contribution in [1.82, 2.24) is 14.6 Å². The van der Waals surface area contributed by atoms with E-state index in [9.17, 15) is 0 Å². The van der Waals surface area contributed by atoms with Gasteiger partial charge in [0.25, 0.3) is 0 Å². The number of aromatic nitrogens is 3. The molecule has 3 aromatic rings. The van der Waals surface area contributed by atoms with Gasteiger partial charge in [-0.15, -0.1) is 0 Å². The lowest BCUT2D eigenvalue weighted by Gasteiger charge is -2.15. The lowest BCUT2D eigenvalue weighted by atomic mass is 10.2. The first-order chi connectivity index (χ1) is 10.2. The van der Waals surface area contributed by atoms with E-state index in [-0.39, 0.29) is 6.04 Å². The average Bonchev–Trinajstić information content (AvgIpc) is 2.94. The molecule has 1 N–H and O–H groups in total. The van der Waals surface area contributed by atoms with Gasteiger partial charge in [0, 0.05) is 12.3 Å². The topological polar surface area (TPSA) is 51.5 Å². The third kappa shape index (κ3) is 3.31. The molecule has 1 unspecified atom stereocenters. The molecule has 0 spiro atoms. The van der Waals surface area contributed by atoms with Gasteiger partial charge in [-0.3, -0.25) is 0 Å². The van der Waals surface area contributed by atoms with Crippen molar-refractivity contribution >= 4 is 11.5 Å². The molecule has 0 saturated heterocycles. The van der Waals surface area contributed by atoms with Crippen LogP contribution in [0.25, 0.3) is 5.65 Å². The van der Waals surface area contributed by atoms with Crippen LogP contribution in [-0.2, 0) is 0 Å². The normalized spacial score (nSPS) is 12.3. The maximum Gasteiger partial charge on any atom is 0.157 e. The number of aryl methyl sites for hydroxylation is 1. The van der Waals surface area contributed by atoms with Crippen LogP contribution in [0.5, 0.6) is 5.75 Å². The fourth-order valence-corrected chi connectivity index (χ4v) is 2.04. The number of nitrogens with one attached hydrogen (secondary N) is 1. The number of ether oxygens (including phenoxy) is 1. The van der Waals surface area contributed by atoms with Gasteiger partial charge in [0.1, 0.15) is 18.2 Å². The average molecular weight is 282 g/mol. The van der Waals surface area contributed by atoms with Crippen molar-refractivity contribution in [3.63, 3.8) is 0 Å². The van der Waals surface area contributed by atoms with E-state index in [4.69, 9.17) is 4.74 Å². The van der Waals surface area contributed by atoms with Gasteiger partial charge in [-0.1, -0.05) is 17.7 Å². The summed E-state index contributed by atoms with van der Waals surface area (Å²) in [6, 6.07) is 12.0. The van der Waals surface area contributed by atoms with Gasteiger partial charge in [-0.2, -0.15) is 5.10 Å². The minimum atomic E-state index is 0.157. The van der Waals surface area contributed by atoms with Gasteiger partial charge in [-0.25, -0.2) is 9.50 Å². The van der Waals surface area contributed by atoms with E-state index in [0.717, 1.165) is 17.2 Å². The standard InChI is InChI=1S/C16H18N4O/c1-12-3-5-14(6-4-12)21-11-13(2)18-15-8-10-20-16(19-15)7-9-17-20/h3-10,13H,11H2,1-2H3,(H,18,19). The summed E-state index contributed by atoms with van der Waals surface area (Å²) in [5, 5.41) is 7.45. The molecule has 0 aliphatic carbocycles. The predicted molar refractivity (Wildman–Crippen MR) is 82.7 cm³/mol. The zero-order valence-electron chi connectivity index (χ0n) is 12.2. The van der Waals surface area contributed by atoms with Crippen LogP contribution in [-0.4, -0.2) is 27.2 Å². The van der Waals surface area contributed by atoms with Crippen molar-refractivity contribution < 1.29 is 4.74 Å². The molecule has 2 aromatic heterocycles. The van der Waals surface area contributed by atoms with Crippen LogP contribution >= 0.6 is 0 Å². The molecule has 2 heterocycles. The molecule has 1 aromatic carbocycles. The van der Waals surface area contributed by atoms with Gasteiger partial charge in [-0.05, 0) is 32.0 Å². The molecule has 0 aliphatic rings. The summed E-state index contributed by atoms with van der Waals surface area (Å²) in [6.45, 7) is 4.71. The Morgan fingerprint density at radius 2 is 2.00 bits per heavy atom. The third-order valence-corrected chi connectivity index (χ3v) is 3.17. The maximum absolute atomic E-state index is 5.76. The molecule has 0 aliphatic heterocycles. The predicted octanol–water partition coefficient (Wildman–Crippen LogP) is 2.92. The Hall–Kier alpha value is -2.56. The lowest BCUT2D eigenvalue weighted by Crippen LogP contribution is -2.24. The molecule has 0 bridgehead atoms. The second kappa shape index (κ2) is 5.83. The summed E-state index contributed by atoms with van der Waals surface area (Å²) < 4.78 is 7.49. The highest BCUT2D eigenvalue weighted by atomic mass is 16.5. The summed E-state index contributed by atoms with van der Waals surface area (Å²) >= 11 is 0. The largest absolute Gasteiger partial charge is 0.491 e. The van der Waals surface area contributed by atoms with E-state index >= 15 is 0 Å². The molecular formula is C16H18N4O. The number of rotatable bonds is 5. The zero-order valence-corrected chi connectivity index (χ0v) is 12.2. The molecular weight excluding hydrogens is 264 g/mol. The lowest BCUT2D eigenvalue weighted by molar-refractivity contribution is 0.303. The minimum Gasteiger partial charge on any atom is -0.491 e. The molecule has 0 fully saturated rings. The highest BCUT2D eigenvalue weighted by Crippen LogP contribution is 2.12. The number of anilines is 1. The highest BCUT2D eigenvalue weighted by molar-refractivity contribution is 5.45. The van der Waals surface area contributed by atoms with E-state index in [1.165, 1.54) is 5.56 Å². The van der Waals surface area contributed by atoms with Crippen LogP contribution in [0.4, 0.5) is 5.82 Å². The number of benzene rings is 1. The van der Waals surface area contributed by atoms with Gasteiger partial charge in [0.15, 0.2) is 5.65 Å². The molecule has 5 heteroatoms. The van der Waals surface area contributed by atoms with Gasteiger partial charge in [0.2, 0.25) is 0 Å². The molecule has 0 radical (unpaired) electrons. The van der Waals surface area contributed by atoms with E-state index in [0.29, 0.717) is 6.61 Å². The first-order valence-corrected chi connectivity index (χ1v) is 6.97. The quantitative estimate of drug-likeness (QED) is 0.781. The summed E-state index contributed by atoms with van der Waals surface area (Å²) in [5.74, 6) is 1.71. The molecule has 3 rings (SSSR count). The fraction of sp³-hybridized carbons (Fsp3) is 0.250. The fourth-order valence-electron chi connectivity index (χ4n) is 2.04. The maximum atomic E-state index is 5.76. The number of nitrogens with zero attached hydrogens (tertiary/aromatic N) is 3. The van der Waals surface area contributed by atoms with Crippen LogP contribution in [0.2, 0.25) is 0 Å². The second-order valence-corrected chi connectivity index (χ2v) is 5.12. The van der Waals surface area contributed by atoms with Crippen LogP contribution in [0.3, 0.4) is 0 Å². The summed E-state index contributed by atoms with van der Waals surface area (Å²) in [7, 11) is 0. The molecule has 5 nitrogen and oxygen atoms in total. The van der Waals surface area contributed by atoms with Crippen molar-refractivity contribution in [3.05, 3.63) is 54.4 Å².